The fourth-order valence-electron chi connectivity index (χ4n) is 4.05. The third kappa shape index (κ3) is 2.16. The Bertz CT molecular complexity index is 316. The number of ether oxygens (including phenoxy) is 1. The Hall–Kier alpha value is -0.610. The molecular weight excluding hydrogens is 228 g/mol. The van der Waals surface area contributed by atoms with Crippen molar-refractivity contribution in [3.63, 3.8) is 0 Å². The van der Waals surface area contributed by atoms with Crippen LogP contribution in [0, 0.1) is 17.8 Å². The molecule has 2 aliphatic carbocycles. The molecule has 2 saturated carbocycles. The molecule has 0 aromatic heterocycles. The Morgan fingerprint density at radius 1 is 1.39 bits per heavy atom. The molecule has 18 heavy (non-hydrogen) atoms. The maximum atomic E-state index is 12.1. The minimum absolute atomic E-state index is 0.0194. The van der Waals surface area contributed by atoms with Gasteiger partial charge in [0.1, 0.15) is 0 Å². The van der Waals surface area contributed by atoms with E-state index in [-0.39, 0.29) is 11.4 Å². The molecule has 3 fully saturated rings. The van der Waals surface area contributed by atoms with Crippen molar-refractivity contribution in [3.05, 3.63) is 0 Å². The SMILES string of the molecule is COCC1(CNC(=O)C2C3CCCC32)CCCN1. The van der Waals surface area contributed by atoms with Crippen LogP contribution in [-0.4, -0.2) is 38.3 Å². The van der Waals surface area contributed by atoms with Crippen LogP contribution < -0.4 is 10.6 Å². The summed E-state index contributed by atoms with van der Waals surface area (Å²) in [5.74, 6) is 2.04. The van der Waals surface area contributed by atoms with E-state index in [1.165, 1.54) is 25.7 Å². The number of hydrogen-bond donors (Lipinski definition) is 2. The van der Waals surface area contributed by atoms with Crippen molar-refractivity contribution in [2.45, 2.75) is 37.6 Å². The molecular formula is C14H24N2O2. The van der Waals surface area contributed by atoms with E-state index in [4.69, 9.17) is 4.74 Å². The molecule has 1 heterocycles. The van der Waals surface area contributed by atoms with Gasteiger partial charge < -0.3 is 15.4 Å². The molecule has 0 aromatic carbocycles. The van der Waals surface area contributed by atoms with Gasteiger partial charge in [0.25, 0.3) is 0 Å². The van der Waals surface area contributed by atoms with Crippen LogP contribution in [0.3, 0.4) is 0 Å². The first-order valence-corrected chi connectivity index (χ1v) is 7.27. The van der Waals surface area contributed by atoms with Crippen LogP contribution >= 0.6 is 0 Å². The molecule has 102 valence electrons. The van der Waals surface area contributed by atoms with Crippen LogP contribution in [-0.2, 0) is 9.53 Å². The standard InChI is InChI=1S/C14H24N2O2/c1-18-9-14(6-3-7-16-14)8-15-13(17)12-10-4-2-5-11(10)12/h10-12,16H,2-9H2,1H3,(H,15,17). The molecule has 0 spiro atoms. The molecule has 3 rings (SSSR count). The summed E-state index contributed by atoms with van der Waals surface area (Å²) in [6.45, 7) is 2.44. The third-order valence-corrected chi connectivity index (χ3v) is 5.06. The zero-order valence-electron chi connectivity index (χ0n) is 11.2. The van der Waals surface area contributed by atoms with Crippen LogP contribution in [0.2, 0.25) is 0 Å². The van der Waals surface area contributed by atoms with Gasteiger partial charge >= 0.3 is 0 Å². The van der Waals surface area contributed by atoms with Gasteiger partial charge in [0.15, 0.2) is 0 Å². The molecule has 3 atom stereocenters. The summed E-state index contributed by atoms with van der Waals surface area (Å²) >= 11 is 0. The number of rotatable bonds is 5. The molecule has 1 aliphatic heterocycles. The summed E-state index contributed by atoms with van der Waals surface area (Å²) in [6, 6.07) is 0. The first-order chi connectivity index (χ1) is 8.76. The molecule has 3 aliphatic rings. The summed E-state index contributed by atoms with van der Waals surface area (Å²) in [5, 5.41) is 6.66. The summed E-state index contributed by atoms with van der Waals surface area (Å²) in [5.41, 5.74) is -0.0194. The summed E-state index contributed by atoms with van der Waals surface area (Å²) in [7, 11) is 1.73. The van der Waals surface area contributed by atoms with Crippen molar-refractivity contribution >= 4 is 5.91 Å². The second-order valence-electron chi connectivity index (χ2n) is 6.25. The lowest BCUT2D eigenvalue weighted by molar-refractivity contribution is -0.123. The summed E-state index contributed by atoms with van der Waals surface area (Å²) in [4.78, 5) is 12.1. The van der Waals surface area contributed by atoms with Gasteiger partial charge in [-0.3, -0.25) is 4.79 Å². The number of fused-ring (bicyclic) bond motifs is 1. The number of nitrogens with one attached hydrogen (secondary N) is 2. The molecule has 2 N–H and O–H groups in total. The van der Waals surface area contributed by atoms with E-state index in [1.54, 1.807) is 7.11 Å². The van der Waals surface area contributed by atoms with Crippen molar-refractivity contribution in [1.82, 2.24) is 10.6 Å². The van der Waals surface area contributed by atoms with E-state index < -0.39 is 0 Å². The van der Waals surface area contributed by atoms with E-state index >= 15 is 0 Å². The van der Waals surface area contributed by atoms with Gasteiger partial charge in [-0.1, -0.05) is 6.42 Å². The zero-order valence-corrected chi connectivity index (χ0v) is 11.2. The predicted octanol–water partition coefficient (Wildman–Crippen LogP) is 0.917. The smallest absolute Gasteiger partial charge is 0.223 e. The number of methoxy groups -OCH3 is 1. The highest BCUT2D eigenvalue weighted by Gasteiger charge is 2.56. The van der Waals surface area contributed by atoms with Gasteiger partial charge in [0.05, 0.1) is 12.1 Å². The molecule has 4 nitrogen and oxygen atoms in total. The monoisotopic (exact) mass is 252 g/mol. The van der Waals surface area contributed by atoms with Gasteiger partial charge in [0.2, 0.25) is 5.91 Å². The van der Waals surface area contributed by atoms with Crippen LogP contribution in [0.4, 0.5) is 0 Å². The lowest BCUT2D eigenvalue weighted by Crippen LogP contribution is -2.53. The summed E-state index contributed by atoms with van der Waals surface area (Å²) < 4.78 is 5.30. The number of carbonyl (C=O) groups excluding carboxylic acids is 1. The minimum atomic E-state index is -0.0194. The Balaban J connectivity index is 1.49. The van der Waals surface area contributed by atoms with Gasteiger partial charge in [-0.2, -0.15) is 0 Å². The van der Waals surface area contributed by atoms with E-state index in [0.717, 1.165) is 19.5 Å². The molecule has 0 radical (unpaired) electrons. The van der Waals surface area contributed by atoms with Crippen molar-refractivity contribution in [3.8, 4) is 0 Å². The highest BCUT2D eigenvalue weighted by molar-refractivity contribution is 5.82. The lowest BCUT2D eigenvalue weighted by atomic mass is 9.98. The topological polar surface area (TPSA) is 50.4 Å². The maximum Gasteiger partial charge on any atom is 0.223 e. The number of amides is 1. The fraction of sp³-hybridized carbons (Fsp3) is 0.929. The van der Waals surface area contributed by atoms with E-state index in [9.17, 15) is 4.79 Å². The van der Waals surface area contributed by atoms with Crippen molar-refractivity contribution < 1.29 is 9.53 Å². The average molecular weight is 252 g/mol. The van der Waals surface area contributed by atoms with Gasteiger partial charge in [-0.05, 0) is 44.1 Å². The van der Waals surface area contributed by atoms with Gasteiger partial charge in [0, 0.05) is 19.6 Å². The first-order valence-electron chi connectivity index (χ1n) is 7.27. The van der Waals surface area contributed by atoms with E-state index in [1.807, 2.05) is 0 Å². The van der Waals surface area contributed by atoms with Crippen molar-refractivity contribution in [2.75, 3.05) is 26.8 Å². The molecule has 4 heteroatoms. The average Bonchev–Trinajstić information content (AvgIpc) is 2.77. The zero-order chi connectivity index (χ0) is 12.6. The first kappa shape index (κ1) is 12.4. The molecule has 3 unspecified atom stereocenters. The lowest BCUT2D eigenvalue weighted by Gasteiger charge is -2.29. The van der Waals surface area contributed by atoms with Crippen LogP contribution in [0.25, 0.3) is 0 Å². The largest absolute Gasteiger partial charge is 0.383 e. The molecule has 0 bridgehead atoms. The van der Waals surface area contributed by atoms with Gasteiger partial charge in [-0.25, -0.2) is 0 Å². The Morgan fingerprint density at radius 2 is 2.17 bits per heavy atom. The highest BCUT2D eigenvalue weighted by atomic mass is 16.5. The van der Waals surface area contributed by atoms with Gasteiger partial charge in [-0.15, -0.1) is 0 Å². The van der Waals surface area contributed by atoms with E-state index in [0.29, 0.717) is 24.4 Å². The normalized spacial score (nSPS) is 41.7. The van der Waals surface area contributed by atoms with Crippen LogP contribution in [0.15, 0.2) is 0 Å². The second-order valence-corrected chi connectivity index (χ2v) is 6.25. The molecule has 1 saturated heterocycles. The van der Waals surface area contributed by atoms with Crippen molar-refractivity contribution in [1.29, 1.82) is 0 Å². The highest BCUT2D eigenvalue weighted by Crippen LogP contribution is 2.57. The van der Waals surface area contributed by atoms with E-state index in [2.05, 4.69) is 10.6 Å². The summed E-state index contributed by atoms with van der Waals surface area (Å²) in [6.07, 6.45) is 6.13. The van der Waals surface area contributed by atoms with Crippen LogP contribution in [0.1, 0.15) is 32.1 Å². The van der Waals surface area contributed by atoms with Crippen molar-refractivity contribution in [2.24, 2.45) is 17.8 Å². The fourth-order valence-corrected chi connectivity index (χ4v) is 4.05. The Morgan fingerprint density at radius 3 is 2.78 bits per heavy atom. The number of carbonyl (C=O) groups is 1. The number of hydrogen-bond acceptors (Lipinski definition) is 3. The Kier molecular flexibility index (Phi) is 3.32. The second kappa shape index (κ2) is 4.82. The quantitative estimate of drug-likeness (QED) is 0.765. The minimum Gasteiger partial charge on any atom is -0.383 e. The van der Waals surface area contributed by atoms with Crippen LogP contribution in [0.5, 0.6) is 0 Å². The molecule has 1 amide bonds. The third-order valence-electron chi connectivity index (χ3n) is 5.06. The molecule has 0 aromatic rings. The predicted molar refractivity (Wildman–Crippen MR) is 69.2 cm³/mol. The Labute approximate surface area is 109 Å². The maximum absolute atomic E-state index is 12.1.